The Bertz CT molecular complexity index is 1270. The number of carbonyl (C=O) groups is 2. The van der Waals surface area contributed by atoms with Gasteiger partial charge in [-0.3, -0.25) is 9.59 Å². The quantitative estimate of drug-likeness (QED) is 0.320. The molecule has 0 radical (unpaired) electrons. The zero-order valence-corrected chi connectivity index (χ0v) is 24.4. The Morgan fingerprint density at radius 3 is 2.44 bits per heavy atom. The highest BCUT2D eigenvalue weighted by Crippen LogP contribution is 2.45. The number of primary amides is 1. The van der Waals surface area contributed by atoms with Gasteiger partial charge in [0.2, 0.25) is 18.6 Å². The van der Waals surface area contributed by atoms with Crippen molar-refractivity contribution < 1.29 is 24.2 Å². The van der Waals surface area contributed by atoms with E-state index in [9.17, 15) is 14.7 Å². The fourth-order valence-corrected chi connectivity index (χ4v) is 6.00. The Kier molecular flexibility index (Phi) is 10.2. The fourth-order valence-electron chi connectivity index (χ4n) is 6.00. The van der Waals surface area contributed by atoms with Crippen LogP contribution in [0.4, 0.5) is 0 Å². The molecule has 1 heterocycles. The molecule has 2 aliphatic rings. The molecule has 4 rings (SSSR count). The van der Waals surface area contributed by atoms with E-state index in [1.165, 1.54) is 0 Å². The van der Waals surface area contributed by atoms with Crippen LogP contribution < -0.4 is 20.5 Å². The van der Waals surface area contributed by atoms with Crippen molar-refractivity contribution in [3.05, 3.63) is 83.0 Å². The number of fused-ring (bicyclic) bond motifs is 1. The summed E-state index contributed by atoms with van der Waals surface area (Å²) < 4.78 is 11.1. The Morgan fingerprint density at radius 2 is 1.76 bits per heavy atom. The number of benzene rings is 2. The summed E-state index contributed by atoms with van der Waals surface area (Å²) >= 11 is 0. The molecule has 2 aromatic carbocycles. The minimum atomic E-state index is -1.27. The number of ether oxygens (including phenoxy) is 2. The molecule has 220 valence electrons. The fraction of sp³-hybridized carbons (Fsp3) is 0.455. The summed E-state index contributed by atoms with van der Waals surface area (Å²) in [6, 6.07) is 15.6. The molecule has 41 heavy (non-hydrogen) atoms. The van der Waals surface area contributed by atoms with Crippen molar-refractivity contribution in [2.24, 2.45) is 17.1 Å². The van der Waals surface area contributed by atoms with Crippen LogP contribution in [-0.4, -0.2) is 54.4 Å². The van der Waals surface area contributed by atoms with E-state index in [1.807, 2.05) is 86.4 Å². The van der Waals surface area contributed by atoms with Gasteiger partial charge in [0, 0.05) is 37.7 Å². The maximum absolute atomic E-state index is 13.7. The predicted octanol–water partition coefficient (Wildman–Crippen LogP) is 4.12. The van der Waals surface area contributed by atoms with E-state index < -0.39 is 23.3 Å². The maximum atomic E-state index is 13.7. The summed E-state index contributed by atoms with van der Waals surface area (Å²) in [5.74, 6) is 0.0509. The van der Waals surface area contributed by atoms with Crippen LogP contribution in [0.15, 0.2) is 71.8 Å². The zero-order valence-electron chi connectivity index (χ0n) is 24.4. The highest BCUT2D eigenvalue weighted by Gasteiger charge is 2.48. The number of rotatable bonds is 14. The second-order valence-corrected chi connectivity index (χ2v) is 11.1. The molecule has 0 saturated heterocycles. The van der Waals surface area contributed by atoms with Crippen LogP contribution in [0, 0.1) is 11.3 Å². The van der Waals surface area contributed by atoms with Gasteiger partial charge in [0.05, 0.1) is 11.5 Å². The third-order valence-corrected chi connectivity index (χ3v) is 7.92. The van der Waals surface area contributed by atoms with Crippen molar-refractivity contribution >= 4 is 11.8 Å². The lowest BCUT2D eigenvalue weighted by Gasteiger charge is -2.42. The Morgan fingerprint density at radius 1 is 1.05 bits per heavy atom. The molecule has 1 aliphatic heterocycles. The molecule has 4 N–H and O–H groups in total. The SMILES string of the molecule is CCCN(CCC)C(=O)C1=CC(C)=CC(C(N)=O)([C@H](Cc2ccc3c(c2)OCO3)[C@@H](O)CNCc2ccccc2)C1. The minimum absolute atomic E-state index is 0.0784. The number of aliphatic hydroxyl groups excluding tert-OH is 1. The number of aliphatic hydroxyl groups is 1. The summed E-state index contributed by atoms with van der Waals surface area (Å²) in [5.41, 5.74) is 8.25. The van der Waals surface area contributed by atoms with Gasteiger partial charge in [-0.1, -0.05) is 68.0 Å². The van der Waals surface area contributed by atoms with E-state index in [2.05, 4.69) is 5.32 Å². The van der Waals surface area contributed by atoms with Crippen LogP contribution >= 0.6 is 0 Å². The van der Waals surface area contributed by atoms with E-state index in [0.29, 0.717) is 43.1 Å². The molecule has 0 fully saturated rings. The van der Waals surface area contributed by atoms with Gasteiger partial charge in [-0.25, -0.2) is 0 Å². The third-order valence-electron chi connectivity index (χ3n) is 7.92. The lowest BCUT2D eigenvalue weighted by molar-refractivity contribution is -0.132. The highest BCUT2D eigenvalue weighted by atomic mass is 16.7. The lowest BCUT2D eigenvalue weighted by atomic mass is 9.63. The average Bonchev–Trinajstić information content (AvgIpc) is 3.43. The summed E-state index contributed by atoms with van der Waals surface area (Å²) in [7, 11) is 0. The van der Waals surface area contributed by atoms with Crippen LogP contribution in [-0.2, 0) is 22.6 Å². The van der Waals surface area contributed by atoms with Crippen molar-refractivity contribution in [2.45, 2.75) is 59.1 Å². The molecule has 0 spiro atoms. The molecule has 8 heteroatoms. The summed E-state index contributed by atoms with van der Waals surface area (Å²) in [4.78, 5) is 29.0. The first kappa shape index (κ1) is 30.3. The van der Waals surface area contributed by atoms with Crippen LogP contribution in [0.25, 0.3) is 0 Å². The van der Waals surface area contributed by atoms with Gasteiger partial charge in [-0.05, 0) is 55.9 Å². The van der Waals surface area contributed by atoms with Gasteiger partial charge in [0.15, 0.2) is 11.5 Å². The normalized spacial score (nSPS) is 19.2. The van der Waals surface area contributed by atoms with Crippen molar-refractivity contribution in [3.8, 4) is 11.5 Å². The van der Waals surface area contributed by atoms with E-state index in [0.717, 1.165) is 29.5 Å². The number of carbonyl (C=O) groups excluding carboxylic acids is 2. The lowest BCUT2D eigenvalue weighted by Crippen LogP contribution is -2.51. The minimum Gasteiger partial charge on any atom is -0.454 e. The standard InChI is InChI=1S/C33H43N3O5/c1-4-13-36(14-5-2)31(38)26-15-23(3)18-33(19-26,32(34)39)27(16-25-11-12-29-30(17-25)41-22-40-29)28(37)21-35-20-24-9-7-6-8-10-24/h6-12,15,17-18,27-28,35,37H,4-5,13-14,16,19-22H2,1-3H3,(H2,34,39)/t27-,28+,33?/m1/s1. The molecule has 0 bridgehead atoms. The summed E-state index contributed by atoms with van der Waals surface area (Å²) in [6.45, 7) is 8.23. The number of nitrogens with two attached hydrogens (primary N) is 1. The number of nitrogens with one attached hydrogen (secondary N) is 1. The molecule has 0 saturated carbocycles. The van der Waals surface area contributed by atoms with Gasteiger partial charge >= 0.3 is 0 Å². The van der Waals surface area contributed by atoms with E-state index >= 15 is 0 Å². The second kappa shape index (κ2) is 13.8. The molecule has 2 amide bonds. The second-order valence-electron chi connectivity index (χ2n) is 11.1. The maximum Gasteiger partial charge on any atom is 0.249 e. The van der Waals surface area contributed by atoms with Gasteiger partial charge in [0.25, 0.3) is 0 Å². The molecule has 1 aliphatic carbocycles. The molecular formula is C33H43N3O5. The van der Waals surface area contributed by atoms with Crippen LogP contribution in [0.3, 0.4) is 0 Å². The van der Waals surface area contributed by atoms with Crippen LogP contribution in [0.2, 0.25) is 0 Å². The number of hydrogen-bond donors (Lipinski definition) is 3. The zero-order chi connectivity index (χ0) is 29.4. The summed E-state index contributed by atoms with van der Waals surface area (Å²) in [5, 5.41) is 15.1. The van der Waals surface area contributed by atoms with Gasteiger partial charge in [0.1, 0.15) is 0 Å². The van der Waals surface area contributed by atoms with Gasteiger partial charge < -0.3 is 30.5 Å². The van der Waals surface area contributed by atoms with Gasteiger partial charge in [-0.15, -0.1) is 0 Å². The van der Waals surface area contributed by atoms with Crippen LogP contribution in [0.1, 0.15) is 51.2 Å². The largest absolute Gasteiger partial charge is 0.454 e. The van der Waals surface area contributed by atoms with Crippen molar-refractivity contribution in [3.63, 3.8) is 0 Å². The van der Waals surface area contributed by atoms with Crippen molar-refractivity contribution in [2.75, 3.05) is 26.4 Å². The van der Waals surface area contributed by atoms with E-state index in [4.69, 9.17) is 15.2 Å². The smallest absolute Gasteiger partial charge is 0.249 e. The van der Waals surface area contributed by atoms with Crippen molar-refractivity contribution in [1.82, 2.24) is 10.2 Å². The molecule has 3 atom stereocenters. The Hall–Kier alpha value is -3.62. The number of nitrogens with zero attached hydrogens (tertiary/aromatic N) is 1. The first-order chi connectivity index (χ1) is 19.8. The number of amides is 2. The molecule has 0 aromatic heterocycles. The number of hydrogen-bond acceptors (Lipinski definition) is 6. The monoisotopic (exact) mass is 561 g/mol. The van der Waals surface area contributed by atoms with Crippen LogP contribution in [0.5, 0.6) is 11.5 Å². The number of allylic oxidation sites excluding steroid dienone is 2. The van der Waals surface area contributed by atoms with Crippen molar-refractivity contribution in [1.29, 1.82) is 0 Å². The average molecular weight is 562 g/mol. The molecule has 2 aromatic rings. The predicted molar refractivity (Wildman–Crippen MR) is 159 cm³/mol. The third kappa shape index (κ3) is 7.18. The molecular weight excluding hydrogens is 518 g/mol. The Labute approximate surface area is 243 Å². The first-order valence-corrected chi connectivity index (χ1v) is 14.6. The summed E-state index contributed by atoms with van der Waals surface area (Å²) in [6.07, 6.45) is 4.95. The Balaban J connectivity index is 1.66. The molecule has 8 nitrogen and oxygen atoms in total. The van der Waals surface area contributed by atoms with E-state index in [1.54, 1.807) is 0 Å². The van der Waals surface area contributed by atoms with E-state index in [-0.39, 0.29) is 25.7 Å². The molecule has 1 unspecified atom stereocenters. The topological polar surface area (TPSA) is 114 Å². The highest BCUT2D eigenvalue weighted by molar-refractivity contribution is 5.97. The van der Waals surface area contributed by atoms with Gasteiger partial charge in [-0.2, -0.15) is 0 Å². The first-order valence-electron chi connectivity index (χ1n) is 14.6.